The Bertz CT molecular complexity index is 144. The molecule has 0 aromatic rings. The van der Waals surface area contributed by atoms with Gasteiger partial charge in [0.15, 0.2) is 0 Å². The fraction of sp³-hybridized carbons (Fsp3) is 1.00. The molecule has 0 spiro atoms. The normalized spacial score (nSPS) is 39.5. The first kappa shape index (κ1) is 8.52. The average Bonchev–Trinajstić information content (AvgIpc) is 2.01. The largest absolute Gasteiger partial charge is 0.325 e. The third-order valence-corrected chi connectivity index (χ3v) is 3.44. The number of rotatable bonds is 1. The van der Waals surface area contributed by atoms with Crippen LogP contribution in [0.3, 0.4) is 0 Å². The predicted octanol–water partition coefficient (Wildman–Crippen LogP) is 1.21. The molecule has 0 atom stereocenters. The summed E-state index contributed by atoms with van der Waals surface area (Å²) in [6, 6.07) is 1.35. The van der Waals surface area contributed by atoms with Crippen LogP contribution in [0.25, 0.3) is 0 Å². The molecule has 0 radical (unpaired) electrons. The lowest BCUT2D eigenvalue weighted by atomic mass is 9.85. The van der Waals surface area contributed by atoms with Crippen molar-refractivity contribution in [3.8, 4) is 0 Å². The number of hydrogen-bond acceptors (Lipinski definition) is 2. The number of nitrogens with zero attached hydrogens (tertiary/aromatic N) is 1. The Morgan fingerprint density at radius 3 is 2.17 bits per heavy atom. The van der Waals surface area contributed by atoms with Crippen molar-refractivity contribution in [3.05, 3.63) is 0 Å². The maximum Gasteiger partial charge on any atom is 0.0297 e. The van der Waals surface area contributed by atoms with Gasteiger partial charge >= 0.3 is 0 Å². The Labute approximate surface area is 75.1 Å². The molecule has 2 nitrogen and oxygen atoms in total. The Balaban J connectivity index is 1.75. The van der Waals surface area contributed by atoms with Gasteiger partial charge < -0.3 is 5.73 Å². The molecule has 2 N–H and O–H groups in total. The molecule has 1 saturated heterocycles. The monoisotopic (exact) mass is 168 g/mol. The van der Waals surface area contributed by atoms with Crippen LogP contribution >= 0.6 is 0 Å². The summed E-state index contributed by atoms with van der Waals surface area (Å²) in [5.74, 6) is 0.969. The number of hydrogen-bond donors (Lipinski definition) is 1. The second-order valence-corrected chi connectivity index (χ2v) is 4.63. The van der Waals surface area contributed by atoms with Gasteiger partial charge in [0.05, 0.1) is 0 Å². The van der Waals surface area contributed by atoms with Crippen molar-refractivity contribution < 1.29 is 0 Å². The van der Waals surface area contributed by atoms with E-state index in [0.29, 0.717) is 6.04 Å². The van der Waals surface area contributed by atoms with E-state index in [2.05, 4.69) is 11.8 Å². The molecule has 1 saturated carbocycles. The summed E-state index contributed by atoms with van der Waals surface area (Å²) in [6.07, 6.45) is 5.68. The van der Waals surface area contributed by atoms with E-state index in [9.17, 15) is 0 Å². The van der Waals surface area contributed by atoms with Gasteiger partial charge in [0.25, 0.3) is 0 Å². The molecule has 0 bridgehead atoms. The molecule has 12 heavy (non-hydrogen) atoms. The maximum atomic E-state index is 5.76. The second-order valence-electron chi connectivity index (χ2n) is 4.63. The van der Waals surface area contributed by atoms with Crippen LogP contribution in [0.4, 0.5) is 0 Å². The van der Waals surface area contributed by atoms with Crippen molar-refractivity contribution >= 4 is 0 Å². The SMILES string of the molecule is CC1CCC(N2CC(N)C2)CC1. The lowest BCUT2D eigenvalue weighted by molar-refractivity contribution is 0.0631. The lowest BCUT2D eigenvalue weighted by Gasteiger charge is -2.45. The summed E-state index contributed by atoms with van der Waals surface area (Å²) >= 11 is 0. The van der Waals surface area contributed by atoms with Crippen LogP contribution in [0.5, 0.6) is 0 Å². The Hall–Kier alpha value is -0.0800. The van der Waals surface area contributed by atoms with E-state index >= 15 is 0 Å². The van der Waals surface area contributed by atoms with E-state index in [1.807, 2.05) is 0 Å². The van der Waals surface area contributed by atoms with E-state index in [1.165, 1.54) is 25.7 Å². The van der Waals surface area contributed by atoms with E-state index in [1.54, 1.807) is 0 Å². The summed E-state index contributed by atoms with van der Waals surface area (Å²) in [5, 5.41) is 0. The number of likely N-dealkylation sites (tertiary alicyclic amines) is 1. The van der Waals surface area contributed by atoms with Crippen LogP contribution in [0.15, 0.2) is 0 Å². The van der Waals surface area contributed by atoms with Crippen LogP contribution in [0, 0.1) is 5.92 Å². The molecular formula is C10H20N2. The van der Waals surface area contributed by atoms with Gasteiger partial charge in [0.1, 0.15) is 0 Å². The topological polar surface area (TPSA) is 29.3 Å². The van der Waals surface area contributed by atoms with Crippen LogP contribution < -0.4 is 5.73 Å². The van der Waals surface area contributed by atoms with Crippen molar-refractivity contribution in [3.63, 3.8) is 0 Å². The van der Waals surface area contributed by atoms with Gasteiger partial charge in [-0.15, -0.1) is 0 Å². The summed E-state index contributed by atoms with van der Waals surface area (Å²) in [7, 11) is 0. The highest BCUT2D eigenvalue weighted by Crippen LogP contribution is 2.28. The van der Waals surface area contributed by atoms with Crippen molar-refractivity contribution in [1.29, 1.82) is 0 Å². The van der Waals surface area contributed by atoms with Gasteiger partial charge in [-0.3, -0.25) is 4.90 Å². The summed E-state index contributed by atoms with van der Waals surface area (Å²) in [5.41, 5.74) is 5.76. The van der Waals surface area contributed by atoms with Gasteiger partial charge in [-0.1, -0.05) is 6.92 Å². The summed E-state index contributed by atoms with van der Waals surface area (Å²) in [6.45, 7) is 4.68. The van der Waals surface area contributed by atoms with E-state index < -0.39 is 0 Å². The molecule has 1 aliphatic heterocycles. The van der Waals surface area contributed by atoms with Crippen LogP contribution in [0.1, 0.15) is 32.6 Å². The van der Waals surface area contributed by atoms with Gasteiger partial charge in [0.2, 0.25) is 0 Å². The van der Waals surface area contributed by atoms with E-state index in [0.717, 1.165) is 25.0 Å². The van der Waals surface area contributed by atoms with Crippen LogP contribution in [-0.2, 0) is 0 Å². The van der Waals surface area contributed by atoms with Gasteiger partial charge in [-0.2, -0.15) is 0 Å². The first-order valence-electron chi connectivity index (χ1n) is 5.25. The maximum absolute atomic E-state index is 5.76. The predicted molar refractivity (Wildman–Crippen MR) is 51.0 cm³/mol. The fourth-order valence-electron chi connectivity index (χ4n) is 2.45. The quantitative estimate of drug-likeness (QED) is 0.637. The minimum Gasteiger partial charge on any atom is -0.325 e. The third-order valence-electron chi connectivity index (χ3n) is 3.44. The molecule has 0 amide bonds. The average molecular weight is 168 g/mol. The summed E-state index contributed by atoms with van der Waals surface area (Å²) in [4.78, 5) is 2.57. The van der Waals surface area contributed by atoms with Crippen molar-refractivity contribution in [1.82, 2.24) is 4.90 Å². The van der Waals surface area contributed by atoms with Gasteiger partial charge in [-0.25, -0.2) is 0 Å². The minimum absolute atomic E-state index is 0.476. The molecular weight excluding hydrogens is 148 g/mol. The highest BCUT2D eigenvalue weighted by molar-refractivity contribution is 4.89. The smallest absolute Gasteiger partial charge is 0.0297 e. The van der Waals surface area contributed by atoms with Crippen LogP contribution in [0.2, 0.25) is 0 Å². The fourth-order valence-corrected chi connectivity index (χ4v) is 2.45. The zero-order chi connectivity index (χ0) is 8.55. The van der Waals surface area contributed by atoms with Gasteiger partial charge in [0, 0.05) is 25.2 Å². The van der Waals surface area contributed by atoms with Crippen LogP contribution in [-0.4, -0.2) is 30.1 Å². The summed E-state index contributed by atoms with van der Waals surface area (Å²) < 4.78 is 0. The minimum atomic E-state index is 0.476. The second kappa shape index (κ2) is 3.35. The first-order chi connectivity index (χ1) is 5.75. The lowest BCUT2D eigenvalue weighted by Crippen LogP contribution is -2.59. The first-order valence-corrected chi connectivity index (χ1v) is 5.25. The molecule has 1 heterocycles. The molecule has 2 heteroatoms. The zero-order valence-corrected chi connectivity index (χ0v) is 8.00. The van der Waals surface area contributed by atoms with Crippen molar-refractivity contribution in [2.75, 3.05) is 13.1 Å². The van der Waals surface area contributed by atoms with E-state index in [4.69, 9.17) is 5.73 Å². The molecule has 2 aliphatic rings. The molecule has 2 fully saturated rings. The van der Waals surface area contributed by atoms with Gasteiger partial charge in [-0.05, 0) is 31.6 Å². The molecule has 0 unspecified atom stereocenters. The Kier molecular flexibility index (Phi) is 2.37. The van der Waals surface area contributed by atoms with E-state index in [-0.39, 0.29) is 0 Å². The third kappa shape index (κ3) is 1.64. The molecule has 2 rings (SSSR count). The molecule has 1 aliphatic carbocycles. The molecule has 0 aromatic heterocycles. The molecule has 70 valence electrons. The van der Waals surface area contributed by atoms with Crippen molar-refractivity contribution in [2.45, 2.75) is 44.7 Å². The molecule has 0 aromatic carbocycles. The highest BCUT2D eigenvalue weighted by Gasteiger charge is 2.31. The highest BCUT2D eigenvalue weighted by atomic mass is 15.2. The Morgan fingerprint density at radius 1 is 1.08 bits per heavy atom. The number of nitrogens with two attached hydrogens (primary N) is 1. The van der Waals surface area contributed by atoms with Crippen molar-refractivity contribution in [2.24, 2.45) is 11.7 Å². The standard InChI is InChI=1S/C10H20N2/c1-8-2-4-10(5-3-8)12-6-9(11)7-12/h8-10H,2-7,11H2,1H3. The Morgan fingerprint density at radius 2 is 1.67 bits per heavy atom. The zero-order valence-electron chi connectivity index (χ0n) is 8.00.